The van der Waals surface area contributed by atoms with Crippen LogP contribution in [0.2, 0.25) is 0 Å². The molecule has 7 heteroatoms. The van der Waals surface area contributed by atoms with Crippen LogP contribution in [0.15, 0.2) is 6.20 Å². The maximum atomic E-state index is 5.73. The molecular formula is C14H22N6O. The van der Waals surface area contributed by atoms with Crippen molar-refractivity contribution in [1.82, 2.24) is 20.2 Å². The van der Waals surface area contributed by atoms with Crippen molar-refractivity contribution in [2.24, 2.45) is 0 Å². The molecule has 0 radical (unpaired) electrons. The monoisotopic (exact) mass is 290 g/mol. The van der Waals surface area contributed by atoms with Gasteiger partial charge in [-0.05, 0) is 26.2 Å². The van der Waals surface area contributed by atoms with Gasteiger partial charge >= 0.3 is 0 Å². The van der Waals surface area contributed by atoms with Crippen LogP contribution >= 0.6 is 0 Å². The lowest BCUT2D eigenvalue weighted by Crippen LogP contribution is -2.30. The number of rotatable bonds is 6. The third kappa shape index (κ3) is 3.07. The smallest absolute Gasteiger partial charge is 0.226 e. The molecule has 2 aromatic heterocycles. The van der Waals surface area contributed by atoms with Crippen LogP contribution in [-0.4, -0.2) is 45.5 Å². The molecule has 0 saturated carbocycles. The molecule has 0 aliphatic carbocycles. The van der Waals surface area contributed by atoms with E-state index < -0.39 is 0 Å². The van der Waals surface area contributed by atoms with Gasteiger partial charge in [0.2, 0.25) is 5.95 Å². The molecule has 1 fully saturated rings. The normalized spacial score (nSPS) is 19.8. The van der Waals surface area contributed by atoms with Gasteiger partial charge in [-0.3, -0.25) is 5.10 Å². The van der Waals surface area contributed by atoms with Gasteiger partial charge < -0.3 is 15.4 Å². The molecular weight excluding hydrogens is 268 g/mol. The first-order valence-electron chi connectivity index (χ1n) is 7.61. The summed E-state index contributed by atoms with van der Waals surface area (Å²) in [5.41, 5.74) is 0.741. The minimum atomic E-state index is 0.208. The van der Waals surface area contributed by atoms with Crippen LogP contribution in [0.1, 0.15) is 33.1 Å². The van der Waals surface area contributed by atoms with Gasteiger partial charge in [0.05, 0.1) is 23.7 Å². The number of anilines is 2. The molecule has 114 valence electrons. The predicted molar refractivity (Wildman–Crippen MR) is 82.5 cm³/mol. The van der Waals surface area contributed by atoms with Gasteiger partial charge in [0, 0.05) is 13.2 Å². The molecule has 2 unspecified atom stereocenters. The summed E-state index contributed by atoms with van der Waals surface area (Å²) in [5, 5.41) is 14.5. The summed E-state index contributed by atoms with van der Waals surface area (Å²) in [6.07, 6.45) is 5.25. The Morgan fingerprint density at radius 3 is 3.14 bits per heavy atom. The van der Waals surface area contributed by atoms with Crippen LogP contribution in [0.25, 0.3) is 11.0 Å². The second-order valence-electron chi connectivity index (χ2n) is 5.44. The Morgan fingerprint density at radius 2 is 2.38 bits per heavy atom. The molecule has 3 N–H and O–H groups in total. The summed E-state index contributed by atoms with van der Waals surface area (Å²) in [6, 6.07) is 0.208. The Bertz CT molecular complexity index is 592. The van der Waals surface area contributed by atoms with Crippen molar-refractivity contribution in [2.45, 2.75) is 45.3 Å². The van der Waals surface area contributed by atoms with Gasteiger partial charge in [-0.1, -0.05) is 6.92 Å². The average Bonchev–Trinajstić information content (AvgIpc) is 3.15. The van der Waals surface area contributed by atoms with Crippen molar-refractivity contribution in [2.75, 3.05) is 23.8 Å². The lowest BCUT2D eigenvalue weighted by Gasteiger charge is -2.21. The molecule has 7 nitrogen and oxygen atoms in total. The van der Waals surface area contributed by atoms with E-state index in [1.54, 1.807) is 6.20 Å². The van der Waals surface area contributed by atoms with Gasteiger partial charge in [-0.2, -0.15) is 15.1 Å². The lowest BCUT2D eigenvalue weighted by molar-refractivity contribution is 0.0996. The summed E-state index contributed by atoms with van der Waals surface area (Å²) in [4.78, 5) is 9.00. The van der Waals surface area contributed by atoms with Crippen molar-refractivity contribution in [3.8, 4) is 0 Å². The molecule has 1 aliphatic heterocycles. The quantitative estimate of drug-likeness (QED) is 0.755. The number of hydrogen-bond donors (Lipinski definition) is 3. The van der Waals surface area contributed by atoms with Crippen LogP contribution in [0.4, 0.5) is 11.8 Å². The van der Waals surface area contributed by atoms with Gasteiger partial charge in [0.1, 0.15) is 5.82 Å². The number of aromatic amines is 1. The second kappa shape index (κ2) is 6.26. The summed E-state index contributed by atoms with van der Waals surface area (Å²) in [7, 11) is 0. The maximum absolute atomic E-state index is 5.73. The van der Waals surface area contributed by atoms with E-state index >= 15 is 0 Å². The van der Waals surface area contributed by atoms with Gasteiger partial charge in [0.25, 0.3) is 0 Å². The number of nitrogens with one attached hydrogen (secondary N) is 3. The van der Waals surface area contributed by atoms with E-state index in [4.69, 9.17) is 4.74 Å². The highest BCUT2D eigenvalue weighted by Crippen LogP contribution is 2.23. The number of ether oxygens (including phenoxy) is 1. The molecule has 3 heterocycles. The van der Waals surface area contributed by atoms with Crippen LogP contribution in [0, 0.1) is 0 Å². The van der Waals surface area contributed by atoms with E-state index in [0.717, 1.165) is 49.3 Å². The molecule has 1 aliphatic rings. The average molecular weight is 290 g/mol. The van der Waals surface area contributed by atoms with E-state index in [-0.39, 0.29) is 12.1 Å². The Hall–Kier alpha value is -1.89. The van der Waals surface area contributed by atoms with Crippen molar-refractivity contribution < 1.29 is 4.74 Å². The predicted octanol–water partition coefficient (Wildman–Crippen LogP) is 2.15. The van der Waals surface area contributed by atoms with Gasteiger partial charge in [0.15, 0.2) is 5.65 Å². The summed E-state index contributed by atoms with van der Waals surface area (Å²) >= 11 is 0. The fraction of sp³-hybridized carbons (Fsp3) is 0.643. The summed E-state index contributed by atoms with van der Waals surface area (Å²) < 4.78 is 5.73. The fourth-order valence-corrected chi connectivity index (χ4v) is 2.57. The third-order valence-electron chi connectivity index (χ3n) is 3.73. The topological polar surface area (TPSA) is 87.8 Å². The van der Waals surface area contributed by atoms with Gasteiger partial charge in [-0.25, -0.2) is 0 Å². The van der Waals surface area contributed by atoms with Crippen molar-refractivity contribution in [3.63, 3.8) is 0 Å². The standard InChI is InChI=1S/C14H22N6O/c1-3-6-15-14-18-12(10-8-16-20-13(10)19-14)17-9(2)11-5-4-7-21-11/h8-9,11H,3-7H2,1-2H3,(H3,15,16,17,18,19,20). The number of nitrogens with zero attached hydrogens (tertiary/aromatic N) is 3. The molecule has 0 bridgehead atoms. The highest BCUT2D eigenvalue weighted by Gasteiger charge is 2.23. The maximum Gasteiger partial charge on any atom is 0.226 e. The molecule has 2 aromatic rings. The Balaban J connectivity index is 1.83. The molecule has 0 spiro atoms. The molecule has 21 heavy (non-hydrogen) atoms. The number of H-pyrrole nitrogens is 1. The SMILES string of the molecule is CCCNc1nc(NC(C)C2CCCO2)c2cn[nH]c2n1. The molecule has 0 amide bonds. The second-order valence-corrected chi connectivity index (χ2v) is 5.44. The van der Waals surface area contributed by atoms with E-state index in [0.29, 0.717) is 5.95 Å². The van der Waals surface area contributed by atoms with Crippen molar-refractivity contribution in [1.29, 1.82) is 0 Å². The van der Waals surface area contributed by atoms with Gasteiger partial charge in [-0.15, -0.1) is 0 Å². The first-order chi connectivity index (χ1) is 10.3. The minimum absolute atomic E-state index is 0.208. The first kappa shape index (κ1) is 14.1. The van der Waals surface area contributed by atoms with Crippen molar-refractivity contribution in [3.05, 3.63) is 6.20 Å². The largest absolute Gasteiger partial charge is 0.376 e. The lowest BCUT2D eigenvalue weighted by atomic mass is 10.1. The Morgan fingerprint density at radius 1 is 1.48 bits per heavy atom. The van der Waals surface area contributed by atoms with E-state index in [1.165, 1.54) is 0 Å². The van der Waals surface area contributed by atoms with Crippen LogP contribution in [0.3, 0.4) is 0 Å². The zero-order chi connectivity index (χ0) is 14.7. The van der Waals surface area contributed by atoms with E-state index in [1.807, 2.05) is 0 Å². The Labute approximate surface area is 123 Å². The highest BCUT2D eigenvalue weighted by molar-refractivity contribution is 5.87. The number of aromatic nitrogens is 4. The minimum Gasteiger partial charge on any atom is -0.376 e. The fourth-order valence-electron chi connectivity index (χ4n) is 2.57. The molecule has 0 aromatic carbocycles. The van der Waals surface area contributed by atoms with Crippen LogP contribution < -0.4 is 10.6 Å². The summed E-state index contributed by atoms with van der Waals surface area (Å²) in [5.74, 6) is 1.42. The number of hydrogen-bond acceptors (Lipinski definition) is 6. The van der Waals surface area contributed by atoms with Crippen LogP contribution in [0.5, 0.6) is 0 Å². The molecule has 2 atom stereocenters. The number of fused-ring (bicyclic) bond motifs is 1. The van der Waals surface area contributed by atoms with Crippen LogP contribution in [-0.2, 0) is 4.74 Å². The molecule has 1 saturated heterocycles. The zero-order valence-corrected chi connectivity index (χ0v) is 12.5. The Kier molecular flexibility index (Phi) is 4.19. The first-order valence-corrected chi connectivity index (χ1v) is 7.61. The molecule has 3 rings (SSSR count). The van der Waals surface area contributed by atoms with Crippen molar-refractivity contribution >= 4 is 22.8 Å². The zero-order valence-electron chi connectivity index (χ0n) is 12.5. The van der Waals surface area contributed by atoms with E-state index in [2.05, 4.69) is 44.6 Å². The summed E-state index contributed by atoms with van der Waals surface area (Å²) in [6.45, 7) is 5.94. The third-order valence-corrected chi connectivity index (χ3v) is 3.73. The highest BCUT2D eigenvalue weighted by atomic mass is 16.5. The van der Waals surface area contributed by atoms with E-state index in [9.17, 15) is 0 Å².